The zero-order chi connectivity index (χ0) is 14.6. The minimum Gasteiger partial charge on any atom is -0.329 e. The van der Waals surface area contributed by atoms with Crippen molar-refractivity contribution in [1.82, 2.24) is 5.32 Å². The molecule has 1 aromatic carbocycles. The molecule has 112 valence electrons. The zero-order valence-electron chi connectivity index (χ0n) is 12.0. The summed E-state index contributed by atoms with van der Waals surface area (Å²) in [4.78, 5) is 0.402. The van der Waals surface area contributed by atoms with Crippen LogP contribution in [0.5, 0.6) is 0 Å². The molecule has 0 saturated heterocycles. The molecule has 1 aliphatic carbocycles. The average molecular weight is 296 g/mol. The second-order valence-electron chi connectivity index (χ2n) is 5.63. The summed E-state index contributed by atoms with van der Waals surface area (Å²) >= 11 is 0. The molecule has 1 aromatic rings. The Bertz CT molecular complexity index is 517. The predicted octanol–water partition coefficient (Wildman–Crippen LogP) is 1.66. The molecule has 0 bridgehead atoms. The summed E-state index contributed by atoms with van der Waals surface area (Å²) < 4.78 is 22.9. The van der Waals surface area contributed by atoms with Gasteiger partial charge in [0.2, 0.25) is 0 Å². The van der Waals surface area contributed by atoms with Crippen molar-refractivity contribution in [2.24, 2.45) is 5.73 Å². The van der Waals surface area contributed by atoms with Crippen LogP contribution < -0.4 is 11.1 Å². The van der Waals surface area contributed by atoms with Gasteiger partial charge in [-0.05, 0) is 49.3 Å². The lowest BCUT2D eigenvalue weighted by Gasteiger charge is -2.29. The quantitative estimate of drug-likeness (QED) is 0.867. The van der Waals surface area contributed by atoms with Crippen LogP contribution in [0.2, 0.25) is 0 Å². The van der Waals surface area contributed by atoms with E-state index < -0.39 is 9.84 Å². The van der Waals surface area contributed by atoms with E-state index in [0.717, 1.165) is 19.4 Å². The first-order valence-electron chi connectivity index (χ1n) is 7.24. The smallest absolute Gasteiger partial charge is 0.175 e. The van der Waals surface area contributed by atoms with Crippen molar-refractivity contribution in [3.05, 3.63) is 29.8 Å². The molecule has 0 aliphatic heterocycles. The fraction of sp³-hybridized carbons (Fsp3) is 0.600. The third-order valence-corrected chi connectivity index (χ3v) is 5.21. The third-order valence-electron chi connectivity index (χ3n) is 4.08. The van der Waals surface area contributed by atoms with E-state index in [-0.39, 0.29) is 0 Å². The Labute approximate surface area is 121 Å². The Kier molecular flexibility index (Phi) is 5.18. The van der Waals surface area contributed by atoms with Crippen molar-refractivity contribution < 1.29 is 8.42 Å². The van der Waals surface area contributed by atoms with Crippen LogP contribution in [0.4, 0.5) is 0 Å². The van der Waals surface area contributed by atoms with Crippen molar-refractivity contribution in [2.45, 2.75) is 42.5 Å². The summed E-state index contributed by atoms with van der Waals surface area (Å²) in [5.74, 6) is 0.555. The lowest BCUT2D eigenvalue weighted by molar-refractivity contribution is 0.345. The first-order chi connectivity index (χ1) is 9.50. The molecule has 0 amide bonds. The number of rotatable bonds is 5. The number of nitrogens with one attached hydrogen (secondary N) is 1. The molecular weight excluding hydrogens is 272 g/mol. The van der Waals surface area contributed by atoms with E-state index >= 15 is 0 Å². The maximum absolute atomic E-state index is 11.4. The number of benzene rings is 1. The molecular formula is C15H24N2O2S. The highest BCUT2D eigenvalue weighted by Gasteiger charge is 2.22. The molecule has 1 aliphatic rings. The van der Waals surface area contributed by atoms with Crippen LogP contribution in [0.1, 0.15) is 37.2 Å². The topological polar surface area (TPSA) is 72.2 Å². The van der Waals surface area contributed by atoms with Gasteiger partial charge >= 0.3 is 0 Å². The van der Waals surface area contributed by atoms with E-state index in [1.54, 1.807) is 12.1 Å². The summed E-state index contributed by atoms with van der Waals surface area (Å²) in [5.41, 5.74) is 6.76. The van der Waals surface area contributed by atoms with Gasteiger partial charge in [0, 0.05) is 25.4 Å². The molecule has 4 nitrogen and oxygen atoms in total. The van der Waals surface area contributed by atoms with Gasteiger partial charge in [-0.3, -0.25) is 0 Å². The summed E-state index contributed by atoms with van der Waals surface area (Å²) in [7, 11) is -3.09. The van der Waals surface area contributed by atoms with Gasteiger partial charge in [-0.2, -0.15) is 0 Å². The van der Waals surface area contributed by atoms with E-state index in [0.29, 0.717) is 23.4 Å². The summed E-state index contributed by atoms with van der Waals surface area (Å²) in [6.07, 6.45) is 5.88. The summed E-state index contributed by atoms with van der Waals surface area (Å²) in [5, 5.41) is 3.47. The van der Waals surface area contributed by atoms with E-state index in [2.05, 4.69) is 5.32 Å². The van der Waals surface area contributed by atoms with Crippen molar-refractivity contribution in [2.75, 3.05) is 19.3 Å². The van der Waals surface area contributed by atoms with Crippen LogP contribution in [-0.4, -0.2) is 33.8 Å². The third kappa shape index (κ3) is 4.04. The first kappa shape index (κ1) is 15.5. The number of hydrogen-bond donors (Lipinski definition) is 2. The molecule has 0 spiro atoms. The Morgan fingerprint density at radius 1 is 1.15 bits per heavy atom. The van der Waals surface area contributed by atoms with E-state index in [1.807, 2.05) is 12.1 Å². The average Bonchev–Trinajstić information content (AvgIpc) is 2.45. The molecule has 0 radical (unpaired) electrons. The summed E-state index contributed by atoms with van der Waals surface area (Å²) in [6.45, 7) is 1.57. The Balaban J connectivity index is 1.94. The Morgan fingerprint density at radius 3 is 2.25 bits per heavy atom. The normalized spacial score (nSPS) is 23.7. The minimum absolute atomic E-state index is 0.402. The lowest BCUT2D eigenvalue weighted by Crippen LogP contribution is -2.35. The van der Waals surface area contributed by atoms with Crippen LogP contribution in [-0.2, 0) is 9.84 Å². The monoisotopic (exact) mass is 296 g/mol. The molecule has 0 aromatic heterocycles. The predicted molar refractivity (Wildman–Crippen MR) is 81.6 cm³/mol. The van der Waals surface area contributed by atoms with Gasteiger partial charge in [0.05, 0.1) is 4.90 Å². The minimum atomic E-state index is -3.09. The van der Waals surface area contributed by atoms with Crippen molar-refractivity contribution in [1.29, 1.82) is 0 Å². The Hall–Kier alpha value is -0.910. The van der Waals surface area contributed by atoms with Crippen molar-refractivity contribution in [3.8, 4) is 0 Å². The van der Waals surface area contributed by atoms with Gasteiger partial charge in [0.25, 0.3) is 0 Å². The summed E-state index contributed by atoms with van der Waals surface area (Å²) in [6, 6.07) is 7.97. The second kappa shape index (κ2) is 6.70. The molecule has 3 N–H and O–H groups in total. The highest BCUT2D eigenvalue weighted by Crippen LogP contribution is 2.33. The van der Waals surface area contributed by atoms with Gasteiger partial charge in [0.1, 0.15) is 0 Å². The van der Waals surface area contributed by atoms with E-state index in [4.69, 9.17) is 5.73 Å². The fourth-order valence-electron chi connectivity index (χ4n) is 2.91. The van der Waals surface area contributed by atoms with E-state index in [9.17, 15) is 8.42 Å². The SMILES string of the molecule is CS(=O)(=O)c1ccc(C2CCC(NCCN)CC2)cc1. The largest absolute Gasteiger partial charge is 0.329 e. The second-order valence-corrected chi connectivity index (χ2v) is 7.65. The molecule has 0 heterocycles. The van der Waals surface area contributed by atoms with Crippen LogP contribution in [0.3, 0.4) is 0 Å². The fourth-order valence-corrected chi connectivity index (χ4v) is 3.54. The molecule has 20 heavy (non-hydrogen) atoms. The maximum Gasteiger partial charge on any atom is 0.175 e. The molecule has 5 heteroatoms. The van der Waals surface area contributed by atoms with Crippen LogP contribution in [0.25, 0.3) is 0 Å². The highest BCUT2D eigenvalue weighted by atomic mass is 32.2. The number of nitrogens with two attached hydrogens (primary N) is 1. The molecule has 2 rings (SSSR count). The van der Waals surface area contributed by atoms with Crippen molar-refractivity contribution >= 4 is 9.84 Å². The molecule has 1 saturated carbocycles. The van der Waals surface area contributed by atoms with Crippen LogP contribution in [0.15, 0.2) is 29.2 Å². The molecule has 0 unspecified atom stereocenters. The number of sulfone groups is 1. The van der Waals surface area contributed by atoms with Gasteiger partial charge in [-0.1, -0.05) is 12.1 Å². The standard InChI is InChI=1S/C15H24N2O2S/c1-20(18,19)15-8-4-13(5-9-15)12-2-6-14(7-3-12)17-11-10-16/h4-5,8-9,12,14,17H,2-3,6-7,10-11,16H2,1H3. The van der Waals surface area contributed by atoms with Crippen LogP contribution >= 0.6 is 0 Å². The Morgan fingerprint density at radius 2 is 1.75 bits per heavy atom. The molecule has 0 atom stereocenters. The molecule has 1 fully saturated rings. The van der Waals surface area contributed by atoms with Crippen molar-refractivity contribution in [3.63, 3.8) is 0 Å². The van der Waals surface area contributed by atoms with E-state index in [1.165, 1.54) is 24.7 Å². The maximum atomic E-state index is 11.4. The van der Waals surface area contributed by atoms with Crippen LogP contribution in [0, 0.1) is 0 Å². The van der Waals surface area contributed by atoms with Gasteiger partial charge in [0.15, 0.2) is 9.84 Å². The zero-order valence-corrected chi connectivity index (χ0v) is 12.8. The first-order valence-corrected chi connectivity index (χ1v) is 9.13. The van der Waals surface area contributed by atoms with Gasteiger partial charge < -0.3 is 11.1 Å². The lowest BCUT2D eigenvalue weighted by atomic mass is 9.82. The number of hydrogen-bond acceptors (Lipinski definition) is 4. The van der Waals surface area contributed by atoms with Gasteiger partial charge in [-0.15, -0.1) is 0 Å². The highest BCUT2D eigenvalue weighted by molar-refractivity contribution is 7.90. The van der Waals surface area contributed by atoms with Gasteiger partial charge in [-0.25, -0.2) is 8.42 Å².